The van der Waals surface area contributed by atoms with Crippen molar-refractivity contribution in [3.05, 3.63) is 18.4 Å². The molecule has 14 heavy (non-hydrogen) atoms. The highest BCUT2D eigenvalue weighted by molar-refractivity contribution is 5.83. The van der Waals surface area contributed by atoms with E-state index in [4.69, 9.17) is 10.5 Å². The summed E-state index contributed by atoms with van der Waals surface area (Å²) in [5.74, 6) is 1.18. The first-order valence-corrected chi connectivity index (χ1v) is 4.12. The molecule has 0 fully saturated rings. The number of fused-ring (bicyclic) bond motifs is 3. The lowest BCUT2D eigenvalue weighted by Gasteiger charge is -2.07. The van der Waals surface area contributed by atoms with Gasteiger partial charge in [0.2, 0.25) is 0 Å². The predicted molar refractivity (Wildman–Crippen MR) is 49.9 cm³/mol. The summed E-state index contributed by atoms with van der Waals surface area (Å²) in [4.78, 5) is 12.3. The van der Waals surface area contributed by atoms with Crippen LogP contribution in [0.5, 0.6) is 0 Å². The number of ether oxygens (including phenoxy) is 1. The van der Waals surface area contributed by atoms with Crippen molar-refractivity contribution in [2.24, 2.45) is 0 Å². The lowest BCUT2D eigenvalue weighted by molar-refractivity contribution is 0.221. The molecule has 0 spiro atoms. The molecule has 2 aromatic heterocycles. The molecule has 0 saturated carbocycles. The summed E-state index contributed by atoms with van der Waals surface area (Å²) < 4.78 is 6.96. The number of rotatable bonds is 0. The Morgan fingerprint density at radius 2 is 2.36 bits per heavy atom. The number of aromatic nitrogens is 4. The van der Waals surface area contributed by atoms with E-state index in [-0.39, 0.29) is 0 Å². The van der Waals surface area contributed by atoms with Crippen molar-refractivity contribution in [1.29, 1.82) is 0 Å². The van der Waals surface area contributed by atoms with E-state index in [0.29, 0.717) is 23.6 Å². The van der Waals surface area contributed by atoms with Gasteiger partial charge < -0.3 is 10.5 Å². The largest absolute Gasteiger partial charge is 0.492 e. The molecule has 3 heterocycles. The third-order valence-electron chi connectivity index (χ3n) is 2.10. The summed E-state index contributed by atoms with van der Waals surface area (Å²) in [7, 11) is 0. The number of nitrogens with zero attached hydrogens (tertiary/aromatic N) is 4. The van der Waals surface area contributed by atoms with Gasteiger partial charge in [0.1, 0.15) is 19.2 Å². The van der Waals surface area contributed by atoms with Gasteiger partial charge in [-0.25, -0.2) is 15.0 Å². The fourth-order valence-electron chi connectivity index (χ4n) is 1.46. The molecular weight excluding hydrogens is 182 g/mol. The van der Waals surface area contributed by atoms with Gasteiger partial charge in [0.15, 0.2) is 22.8 Å². The number of nitrogen functional groups attached to an aromatic ring is 1. The Bertz CT molecular complexity index is 530. The third-order valence-corrected chi connectivity index (χ3v) is 2.10. The zero-order valence-electron chi connectivity index (χ0n) is 7.21. The first kappa shape index (κ1) is 7.31. The summed E-state index contributed by atoms with van der Waals surface area (Å²) >= 11 is 0. The van der Waals surface area contributed by atoms with Crippen LogP contribution in [0.2, 0.25) is 0 Å². The average molecular weight is 189 g/mol. The fraction of sp³-hybridized carbons (Fsp3) is 0.125. The van der Waals surface area contributed by atoms with Crippen LogP contribution < -0.4 is 5.73 Å². The Morgan fingerprint density at radius 3 is 3.29 bits per heavy atom. The van der Waals surface area contributed by atoms with E-state index in [0.717, 1.165) is 5.82 Å². The standard InChI is InChI=1S/C8H7N5O/c9-7-6-8(11-4-10-7)13-1-2-14-3-5(13)12-6/h1-2,4H,3H2,(H2,9,10,11). The molecule has 0 aromatic carbocycles. The Labute approximate surface area is 79.0 Å². The van der Waals surface area contributed by atoms with Gasteiger partial charge in [-0.05, 0) is 0 Å². The smallest absolute Gasteiger partial charge is 0.169 e. The van der Waals surface area contributed by atoms with Crippen molar-refractivity contribution in [2.75, 3.05) is 5.73 Å². The second kappa shape index (κ2) is 2.44. The van der Waals surface area contributed by atoms with Crippen molar-refractivity contribution < 1.29 is 4.74 Å². The molecule has 0 unspecified atom stereocenters. The van der Waals surface area contributed by atoms with Crippen LogP contribution in [0.25, 0.3) is 17.4 Å². The van der Waals surface area contributed by atoms with Crippen molar-refractivity contribution >= 4 is 23.2 Å². The molecule has 0 amide bonds. The molecule has 0 atom stereocenters. The first-order chi connectivity index (χ1) is 6.86. The highest BCUT2D eigenvalue weighted by Crippen LogP contribution is 2.20. The molecular formula is C8H7N5O. The van der Waals surface area contributed by atoms with Gasteiger partial charge in [0.25, 0.3) is 0 Å². The molecule has 1 aliphatic rings. The molecule has 0 bridgehead atoms. The van der Waals surface area contributed by atoms with Crippen LogP contribution in [-0.2, 0) is 11.3 Å². The molecule has 1 aliphatic heterocycles. The van der Waals surface area contributed by atoms with Crippen molar-refractivity contribution in [3.8, 4) is 0 Å². The van der Waals surface area contributed by atoms with Gasteiger partial charge in [-0.3, -0.25) is 4.57 Å². The lowest BCUT2D eigenvalue weighted by atomic mass is 10.5. The summed E-state index contributed by atoms with van der Waals surface area (Å²) in [6.45, 7) is 0.437. The minimum Gasteiger partial charge on any atom is -0.492 e. The Morgan fingerprint density at radius 1 is 1.43 bits per heavy atom. The summed E-state index contributed by atoms with van der Waals surface area (Å²) in [5.41, 5.74) is 7.01. The minimum absolute atomic E-state index is 0.394. The van der Waals surface area contributed by atoms with E-state index >= 15 is 0 Å². The maximum Gasteiger partial charge on any atom is 0.169 e. The Kier molecular flexibility index (Phi) is 1.27. The van der Waals surface area contributed by atoms with E-state index in [1.165, 1.54) is 6.33 Å². The van der Waals surface area contributed by atoms with Gasteiger partial charge in [0, 0.05) is 6.20 Å². The third kappa shape index (κ3) is 0.819. The molecule has 0 saturated heterocycles. The Hall–Kier alpha value is -2.11. The minimum atomic E-state index is 0.394. The monoisotopic (exact) mass is 189 g/mol. The highest BCUT2D eigenvalue weighted by Gasteiger charge is 2.14. The van der Waals surface area contributed by atoms with Crippen LogP contribution >= 0.6 is 0 Å². The van der Waals surface area contributed by atoms with Gasteiger partial charge >= 0.3 is 0 Å². The van der Waals surface area contributed by atoms with Crippen LogP contribution in [0.1, 0.15) is 5.82 Å². The molecule has 3 rings (SSSR count). The SMILES string of the molecule is Nc1ncnc2c1nc1n2C=COC1. The normalized spacial score (nSPS) is 14.0. The highest BCUT2D eigenvalue weighted by atomic mass is 16.5. The van der Waals surface area contributed by atoms with Crippen LogP contribution in [0, 0.1) is 0 Å². The van der Waals surface area contributed by atoms with Gasteiger partial charge in [-0.1, -0.05) is 0 Å². The van der Waals surface area contributed by atoms with E-state index in [1.807, 2.05) is 4.57 Å². The zero-order valence-corrected chi connectivity index (χ0v) is 7.21. The number of hydrogen-bond acceptors (Lipinski definition) is 5. The maximum atomic E-state index is 5.68. The van der Waals surface area contributed by atoms with Crippen molar-refractivity contribution in [2.45, 2.75) is 6.61 Å². The van der Waals surface area contributed by atoms with Gasteiger partial charge in [-0.15, -0.1) is 0 Å². The van der Waals surface area contributed by atoms with Crippen LogP contribution in [0.15, 0.2) is 12.6 Å². The van der Waals surface area contributed by atoms with E-state index in [2.05, 4.69) is 15.0 Å². The quantitative estimate of drug-likeness (QED) is 0.647. The molecule has 2 aromatic rings. The van der Waals surface area contributed by atoms with E-state index in [1.54, 1.807) is 12.5 Å². The molecule has 6 nitrogen and oxygen atoms in total. The second-order valence-electron chi connectivity index (χ2n) is 2.93. The number of hydrogen-bond donors (Lipinski definition) is 1. The Balaban J connectivity index is 2.43. The van der Waals surface area contributed by atoms with Crippen LogP contribution in [-0.4, -0.2) is 19.5 Å². The molecule has 0 radical (unpaired) electrons. The maximum absolute atomic E-state index is 5.68. The molecule has 70 valence electrons. The summed E-state index contributed by atoms with van der Waals surface area (Å²) in [5, 5.41) is 0. The second-order valence-corrected chi connectivity index (χ2v) is 2.93. The summed E-state index contributed by atoms with van der Waals surface area (Å²) in [6, 6.07) is 0. The van der Waals surface area contributed by atoms with E-state index in [9.17, 15) is 0 Å². The van der Waals surface area contributed by atoms with Crippen molar-refractivity contribution in [1.82, 2.24) is 19.5 Å². The first-order valence-electron chi connectivity index (χ1n) is 4.12. The molecule has 0 aliphatic carbocycles. The van der Waals surface area contributed by atoms with Crippen molar-refractivity contribution in [3.63, 3.8) is 0 Å². The van der Waals surface area contributed by atoms with E-state index < -0.39 is 0 Å². The molecule has 6 heteroatoms. The van der Waals surface area contributed by atoms with Gasteiger partial charge in [0.05, 0.1) is 0 Å². The number of anilines is 1. The van der Waals surface area contributed by atoms with Crippen LogP contribution in [0.4, 0.5) is 5.82 Å². The number of nitrogens with two attached hydrogens (primary N) is 1. The fourth-order valence-corrected chi connectivity index (χ4v) is 1.46. The van der Waals surface area contributed by atoms with Gasteiger partial charge in [-0.2, -0.15) is 0 Å². The predicted octanol–water partition coefficient (Wildman–Crippen LogP) is 0.367. The zero-order chi connectivity index (χ0) is 9.54. The summed E-state index contributed by atoms with van der Waals surface area (Å²) in [6.07, 6.45) is 4.79. The number of imidazole rings is 1. The molecule has 2 N–H and O–H groups in total. The van der Waals surface area contributed by atoms with Crippen LogP contribution in [0.3, 0.4) is 0 Å². The topological polar surface area (TPSA) is 78.9 Å². The lowest BCUT2D eigenvalue weighted by Crippen LogP contribution is -2.03. The average Bonchev–Trinajstić information content (AvgIpc) is 2.59.